The quantitative estimate of drug-likeness (QED) is 0.358. The largest absolute Gasteiger partial charge is 0.468 e. The van der Waals surface area contributed by atoms with Gasteiger partial charge in [-0.1, -0.05) is 0 Å². The molecule has 1 rings (SSSR count). The fourth-order valence-corrected chi connectivity index (χ4v) is 0.786. The van der Waals surface area contributed by atoms with Crippen LogP contribution in [-0.4, -0.2) is 31.4 Å². The molecule has 1 atom stereocenters. The minimum Gasteiger partial charge on any atom is -0.468 e. The van der Waals surface area contributed by atoms with E-state index in [-0.39, 0.29) is 6.61 Å². The fourth-order valence-electron chi connectivity index (χ4n) is 0.786. The normalized spacial score (nSPS) is 23.2. The summed E-state index contributed by atoms with van der Waals surface area (Å²) in [6.07, 6.45) is 0. The second kappa shape index (κ2) is 2.69. The monoisotopic (exact) mass is 158 g/mol. The molecule has 0 aromatic heterocycles. The molecule has 0 radical (unpaired) electrons. The number of methoxy groups -OCH3 is 1. The molecule has 5 heteroatoms. The summed E-state index contributed by atoms with van der Waals surface area (Å²) in [5.74, 6) is -3.55. The molecular formula is C6H6O5. The lowest BCUT2D eigenvalue weighted by molar-refractivity contribution is -0.154. The van der Waals surface area contributed by atoms with E-state index in [1.165, 1.54) is 0 Å². The summed E-state index contributed by atoms with van der Waals surface area (Å²) in [6.45, 7) is -0.321. The summed E-state index contributed by atoms with van der Waals surface area (Å²) >= 11 is 0. The summed E-state index contributed by atoms with van der Waals surface area (Å²) in [6, 6.07) is 0. The Hall–Kier alpha value is -1.39. The van der Waals surface area contributed by atoms with Gasteiger partial charge in [-0.2, -0.15) is 0 Å². The number of hydrogen-bond donors (Lipinski definition) is 0. The van der Waals surface area contributed by atoms with Crippen LogP contribution in [-0.2, 0) is 23.9 Å². The summed E-state index contributed by atoms with van der Waals surface area (Å²) < 4.78 is 8.53. The predicted molar refractivity (Wildman–Crippen MR) is 31.5 cm³/mol. The van der Waals surface area contributed by atoms with Crippen molar-refractivity contribution in [2.45, 2.75) is 0 Å². The summed E-state index contributed by atoms with van der Waals surface area (Å²) in [4.78, 5) is 32.1. The number of cyclic esters (lactones) is 1. The minimum atomic E-state index is -1.35. The van der Waals surface area contributed by atoms with E-state index in [1.54, 1.807) is 0 Å². The van der Waals surface area contributed by atoms with Gasteiger partial charge in [-0.3, -0.25) is 14.4 Å². The van der Waals surface area contributed by atoms with Gasteiger partial charge in [0.15, 0.2) is 12.4 Å². The van der Waals surface area contributed by atoms with Crippen molar-refractivity contribution in [1.82, 2.24) is 0 Å². The molecule has 0 bridgehead atoms. The lowest BCUT2D eigenvalue weighted by Gasteiger charge is -1.99. The molecule has 0 aliphatic carbocycles. The van der Waals surface area contributed by atoms with Crippen LogP contribution >= 0.6 is 0 Å². The number of carbonyl (C=O) groups excluding carboxylic acids is 3. The van der Waals surface area contributed by atoms with E-state index in [9.17, 15) is 14.4 Å². The Morgan fingerprint density at radius 3 is 2.64 bits per heavy atom. The van der Waals surface area contributed by atoms with E-state index in [4.69, 9.17) is 0 Å². The maximum atomic E-state index is 10.7. The number of ketones is 1. The Balaban J connectivity index is 2.76. The number of carbonyl (C=O) groups is 3. The Morgan fingerprint density at radius 1 is 1.64 bits per heavy atom. The van der Waals surface area contributed by atoms with E-state index in [2.05, 4.69) is 9.47 Å². The summed E-state index contributed by atoms with van der Waals surface area (Å²) in [7, 11) is 1.11. The lowest BCUT2D eigenvalue weighted by atomic mass is 10.1. The molecule has 0 aromatic carbocycles. The van der Waals surface area contributed by atoms with Crippen LogP contribution < -0.4 is 0 Å². The fraction of sp³-hybridized carbons (Fsp3) is 0.500. The lowest BCUT2D eigenvalue weighted by Crippen LogP contribution is -2.26. The highest BCUT2D eigenvalue weighted by molar-refractivity contribution is 6.18. The standard InChI is InChI=1S/C6H6O5/c1-10-5(8)4-3(7)2-11-6(4)9/h4H,2H2,1H3. The van der Waals surface area contributed by atoms with Gasteiger partial charge >= 0.3 is 11.9 Å². The summed E-state index contributed by atoms with van der Waals surface area (Å²) in [5, 5.41) is 0. The zero-order valence-electron chi connectivity index (χ0n) is 5.83. The van der Waals surface area contributed by atoms with Gasteiger partial charge < -0.3 is 9.47 Å². The highest BCUT2D eigenvalue weighted by Gasteiger charge is 2.42. The summed E-state index contributed by atoms with van der Waals surface area (Å²) in [5.41, 5.74) is 0. The average Bonchev–Trinajstić information content (AvgIpc) is 2.30. The topological polar surface area (TPSA) is 69.7 Å². The third kappa shape index (κ3) is 1.21. The van der Waals surface area contributed by atoms with Crippen LogP contribution in [0.1, 0.15) is 0 Å². The molecule has 5 nitrogen and oxygen atoms in total. The van der Waals surface area contributed by atoms with E-state index in [0.717, 1.165) is 7.11 Å². The van der Waals surface area contributed by atoms with Crippen LogP contribution in [0.15, 0.2) is 0 Å². The van der Waals surface area contributed by atoms with Gasteiger partial charge in [0.2, 0.25) is 5.92 Å². The predicted octanol–water partition coefficient (Wildman–Crippen LogP) is -1.10. The molecule has 1 aliphatic heterocycles. The zero-order valence-corrected chi connectivity index (χ0v) is 5.83. The molecule has 0 N–H and O–H groups in total. The van der Waals surface area contributed by atoms with Crippen molar-refractivity contribution in [2.75, 3.05) is 13.7 Å². The van der Waals surface area contributed by atoms with E-state index in [0.29, 0.717) is 0 Å². The maximum Gasteiger partial charge on any atom is 0.328 e. The number of ether oxygens (including phenoxy) is 2. The van der Waals surface area contributed by atoms with Crippen LogP contribution in [0.4, 0.5) is 0 Å². The van der Waals surface area contributed by atoms with Crippen molar-refractivity contribution in [3.63, 3.8) is 0 Å². The first-order valence-electron chi connectivity index (χ1n) is 2.94. The van der Waals surface area contributed by atoms with Gasteiger partial charge in [-0.25, -0.2) is 0 Å². The van der Waals surface area contributed by atoms with Crippen LogP contribution in [0.3, 0.4) is 0 Å². The molecule has 60 valence electrons. The molecule has 1 fully saturated rings. The molecule has 0 spiro atoms. The van der Waals surface area contributed by atoms with Crippen LogP contribution in [0.5, 0.6) is 0 Å². The second-order valence-corrected chi connectivity index (χ2v) is 2.03. The Bertz CT molecular complexity index is 203. The zero-order chi connectivity index (χ0) is 8.43. The Morgan fingerprint density at radius 2 is 2.27 bits per heavy atom. The van der Waals surface area contributed by atoms with Crippen molar-refractivity contribution < 1.29 is 23.9 Å². The molecular weight excluding hydrogens is 152 g/mol. The van der Waals surface area contributed by atoms with Gasteiger partial charge in [0.1, 0.15) is 0 Å². The highest BCUT2D eigenvalue weighted by Crippen LogP contribution is 2.11. The van der Waals surface area contributed by atoms with E-state index in [1.807, 2.05) is 0 Å². The van der Waals surface area contributed by atoms with Crippen molar-refractivity contribution in [3.8, 4) is 0 Å². The SMILES string of the molecule is COC(=O)C1C(=O)COC1=O. The highest BCUT2D eigenvalue weighted by atomic mass is 16.6. The third-order valence-corrected chi connectivity index (χ3v) is 1.35. The smallest absolute Gasteiger partial charge is 0.328 e. The molecule has 0 saturated carbocycles. The average molecular weight is 158 g/mol. The number of hydrogen-bond acceptors (Lipinski definition) is 5. The van der Waals surface area contributed by atoms with Gasteiger partial charge in [0, 0.05) is 0 Å². The van der Waals surface area contributed by atoms with Gasteiger partial charge in [0.25, 0.3) is 0 Å². The van der Waals surface area contributed by atoms with Crippen molar-refractivity contribution in [3.05, 3.63) is 0 Å². The molecule has 1 aliphatic rings. The first-order valence-corrected chi connectivity index (χ1v) is 2.94. The van der Waals surface area contributed by atoms with Gasteiger partial charge in [-0.15, -0.1) is 0 Å². The number of esters is 2. The maximum absolute atomic E-state index is 10.7. The van der Waals surface area contributed by atoms with Crippen molar-refractivity contribution >= 4 is 17.7 Å². The molecule has 1 heterocycles. The molecule has 0 aromatic rings. The second-order valence-electron chi connectivity index (χ2n) is 2.03. The van der Waals surface area contributed by atoms with Crippen LogP contribution in [0.2, 0.25) is 0 Å². The third-order valence-electron chi connectivity index (χ3n) is 1.35. The van der Waals surface area contributed by atoms with Gasteiger partial charge in [-0.05, 0) is 0 Å². The molecule has 0 amide bonds. The van der Waals surface area contributed by atoms with Crippen LogP contribution in [0.25, 0.3) is 0 Å². The van der Waals surface area contributed by atoms with E-state index < -0.39 is 23.6 Å². The number of Topliss-reactive ketones (excluding diaryl/α,β-unsaturated/α-hetero) is 1. The van der Waals surface area contributed by atoms with E-state index >= 15 is 0 Å². The molecule has 11 heavy (non-hydrogen) atoms. The van der Waals surface area contributed by atoms with Crippen molar-refractivity contribution in [1.29, 1.82) is 0 Å². The first kappa shape index (κ1) is 7.71. The first-order chi connectivity index (χ1) is 5.16. The molecule has 1 saturated heterocycles. The Kier molecular flexibility index (Phi) is 1.89. The minimum absolute atomic E-state index is 0.321. The van der Waals surface area contributed by atoms with Gasteiger partial charge in [0.05, 0.1) is 7.11 Å². The number of rotatable bonds is 1. The molecule has 1 unspecified atom stereocenters. The Labute approximate surface area is 62.3 Å². The van der Waals surface area contributed by atoms with Crippen LogP contribution in [0, 0.1) is 5.92 Å². The van der Waals surface area contributed by atoms with Crippen molar-refractivity contribution in [2.24, 2.45) is 5.92 Å².